The van der Waals surface area contributed by atoms with Crippen LogP contribution in [0.3, 0.4) is 0 Å². The molecule has 1 aromatic carbocycles. The molecule has 1 aliphatic rings. The molecule has 17 heavy (non-hydrogen) atoms. The molecule has 0 fully saturated rings. The van der Waals surface area contributed by atoms with Crippen molar-refractivity contribution in [2.45, 2.75) is 11.8 Å². The molecule has 0 aromatic heterocycles. The number of nitrogens with zero attached hydrogens (tertiary/aromatic N) is 1. The van der Waals surface area contributed by atoms with Gasteiger partial charge in [-0.05, 0) is 25.1 Å². The number of hydrogen-bond acceptors (Lipinski definition) is 4. The molecule has 7 heteroatoms. The van der Waals surface area contributed by atoms with Gasteiger partial charge in [-0.25, -0.2) is 9.18 Å². The molecular weight excluding hydrogens is 249 g/mol. The lowest BCUT2D eigenvalue weighted by Crippen LogP contribution is -2.17. The number of benzene rings is 1. The Labute approximate surface area is 97.0 Å². The van der Waals surface area contributed by atoms with Crippen molar-refractivity contribution in [2.24, 2.45) is 4.40 Å². The van der Waals surface area contributed by atoms with Crippen molar-refractivity contribution >= 4 is 21.7 Å². The molecule has 0 radical (unpaired) electrons. The van der Waals surface area contributed by atoms with Gasteiger partial charge in [0.05, 0.1) is 6.61 Å². The normalized spacial score (nSPS) is 16.2. The van der Waals surface area contributed by atoms with Gasteiger partial charge in [0.2, 0.25) is 0 Å². The standard InChI is InChI=1S/C10H8FNO4S/c1-2-16-10(13)9-7-4-3-6(11)5-8(7)17(14,15)12-9/h3-5H,2H2,1H3. The van der Waals surface area contributed by atoms with Gasteiger partial charge in [0, 0.05) is 5.56 Å². The first-order valence-corrected chi connectivity index (χ1v) is 6.21. The highest BCUT2D eigenvalue weighted by Gasteiger charge is 2.33. The van der Waals surface area contributed by atoms with Crippen molar-refractivity contribution in [3.8, 4) is 0 Å². The third-order valence-electron chi connectivity index (χ3n) is 2.16. The second-order valence-corrected chi connectivity index (χ2v) is 4.85. The second-order valence-electron chi connectivity index (χ2n) is 3.28. The summed E-state index contributed by atoms with van der Waals surface area (Å²) in [6, 6.07) is 3.10. The van der Waals surface area contributed by atoms with E-state index in [4.69, 9.17) is 0 Å². The van der Waals surface area contributed by atoms with Crippen LogP contribution in [0.2, 0.25) is 0 Å². The molecule has 0 amide bonds. The molecule has 0 saturated carbocycles. The summed E-state index contributed by atoms with van der Waals surface area (Å²) < 4.78 is 44.0. The van der Waals surface area contributed by atoms with Crippen LogP contribution >= 0.6 is 0 Å². The molecule has 90 valence electrons. The van der Waals surface area contributed by atoms with Crippen molar-refractivity contribution in [3.05, 3.63) is 29.6 Å². The quantitative estimate of drug-likeness (QED) is 0.737. The zero-order valence-electron chi connectivity index (χ0n) is 8.81. The number of sulfonamides is 1. The predicted molar refractivity (Wildman–Crippen MR) is 56.8 cm³/mol. The van der Waals surface area contributed by atoms with Gasteiger partial charge >= 0.3 is 5.97 Å². The maximum atomic E-state index is 12.9. The summed E-state index contributed by atoms with van der Waals surface area (Å²) >= 11 is 0. The number of carbonyl (C=O) groups excluding carboxylic acids is 1. The summed E-state index contributed by atoms with van der Waals surface area (Å²) in [5, 5.41) is 0. The fourth-order valence-electron chi connectivity index (χ4n) is 1.47. The zero-order chi connectivity index (χ0) is 12.6. The highest BCUT2D eigenvalue weighted by molar-refractivity contribution is 7.90. The van der Waals surface area contributed by atoms with E-state index >= 15 is 0 Å². The number of hydrogen-bond donors (Lipinski definition) is 0. The van der Waals surface area contributed by atoms with Gasteiger partial charge in [-0.1, -0.05) is 0 Å². The van der Waals surface area contributed by atoms with E-state index in [0.29, 0.717) is 0 Å². The van der Waals surface area contributed by atoms with E-state index in [2.05, 4.69) is 9.13 Å². The molecule has 1 heterocycles. The van der Waals surface area contributed by atoms with Crippen molar-refractivity contribution in [2.75, 3.05) is 6.61 Å². The van der Waals surface area contributed by atoms with Crippen LogP contribution in [0, 0.1) is 5.82 Å². The third kappa shape index (κ3) is 1.93. The minimum absolute atomic E-state index is 0.0739. The molecule has 0 unspecified atom stereocenters. The first-order chi connectivity index (χ1) is 7.95. The number of fused-ring (bicyclic) bond motifs is 1. The van der Waals surface area contributed by atoms with E-state index in [1.807, 2.05) is 0 Å². The fourth-order valence-corrected chi connectivity index (χ4v) is 2.69. The summed E-state index contributed by atoms with van der Waals surface area (Å²) in [6.07, 6.45) is 0. The highest BCUT2D eigenvalue weighted by Crippen LogP contribution is 2.27. The van der Waals surface area contributed by atoms with Crippen LogP contribution in [0.25, 0.3) is 0 Å². The van der Waals surface area contributed by atoms with Gasteiger partial charge in [0.25, 0.3) is 10.0 Å². The van der Waals surface area contributed by atoms with Crippen LogP contribution in [0.5, 0.6) is 0 Å². The molecule has 2 rings (SSSR count). The summed E-state index contributed by atoms with van der Waals surface area (Å²) in [6.45, 7) is 1.70. The van der Waals surface area contributed by atoms with Crippen LogP contribution in [-0.2, 0) is 19.6 Å². The van der Waals surface area contributed by atoms with Gasteiger partial charge in [-0.15, -0.1) is 0 Å². The molecule has 1 aromatic rings. The van der Waals surface area contributed by atoms with Gasteiger partial charge in [-0.3, -0.25) is 0 Å². The van der Waals surface area contributed by atoms with Gasteiger partial charge < -0.3 is 4.74 Å². The minimum Gasteiger partial charge on any atom is -0.461 e. The van der Waals surface area contributed by atoms with Gasteiger partial charge in [0.1, 0.15) is 10.7 Å². The lowest BCUT2D eigenvalue weighted by molar-refractivity contribution is -0.134. The maximum absolute atomic E-state index is 12.9. The molecule has 0 spiro atoms. The Hall–Kier alpha value is -1.76. The predicted octanol–water partition coefficient (Wildman–Crippen LogP) is 0.880. The molecule has 0 aliphatic carbocycles. The molecule has 0 atom stereocenters. The van der Waals surface area contributed by atoms with E-state index in [-0.39, 0.29) is 22.8 Å². The average molecular weight is 257 g/mol. The number of carbonyl (C=O) groups is 1. The Morgan fingerprint density at radius 2 is 2.18 bits per heavy atom. The molecule has 5 nitrogen and oxygen atoms in total. The van der Waals surface area contributed by atoms with Crippen molar-refractivity contribution in [1.82, 2.24) is 0 Å². The largest absolute Gasteiger partial charge is 0.461 e. The van der Waals surface area contributed by atoms with Gasteiger partial charge in [0.15, 0.2) is 5.71 Å². The molecule has 1 aliphatic heterocycles. The number of halogens is 1. The fraction of sp³-hybridized carbons (Fsp3) is 0.200. The Bertz CT molecular complexity index is 621. The smallest absolute Gasteiger partial charge is 0.358 e. The average Bonchev–Trinajstić information content (AvgIpc) is 2.51. The number of rotatable bonds is 2. The summed E-state index contributed by atoms with van der Waals surface area (Å²) in [4.78, 5) is 11.2. The summed E-state index contributed by atoms with van der Waals surface area (Å²) in [5.41, 5.74) is -0.230. The van der Waals surface area contributed by atoms with Gasteiger partial charge in [-0.2, -0.15) is 12.8 Å². The minimum atomic E-state index is -3.99. The zero-order valence-corrected chi connectivity index (χ0v) is 9.62. The van der Waals surface area contributed by atoms with Crippen LogP contribution in [-0.4, -0.2) is 26.7 Å². The second kappa shape index (κ2) is 3.92. The lowest BCUT2D eigenvalue weighted by Gasteiger charge is -2.01. The molecule has 0 saturated heterocycles. The maximum Gasteiger partial charge on any atom is 0.358 e. The van der Waals surface area contributed by atoms with Crippen molar-refractivity contribution in [3.63, 3.8) is 0 Å². The first kappa shape index (κ1) is 11.7. The van der Waals surface area contributed by atoms with E-state index in [0.717, 1.165) is 12.1 Å². The van der Waals surface area contributed by atoms with Crippen molar-refractivity contribution in [1.29, 1.82) is 0 Å². The summed E-state index contributed by atoms with van der Waals surface area (Å²) in [5.74, 6) is -1.53. The van der Waals surface area contributed by atoms with Crippen molar-refractivity contribution < 1.29 is 22.3 Å². The Kier molecular flexibility index (Phi) is 2.70. The van der Waals surface area contributed by atoms with E-state index in [9.17, 15) is 17.6 Å². The monoisotopic (exact) mass is 257 g/mol. The van der Waals surface area contributed by atoms with Crippen LogP contribution in [0.1, 0.15) is 12.5 Å². The topological polar surface area (TPSA) is 72.8 Å². The third-order valence-corrected chi connectivity index (χ3v) is 3.47. The van der Waals surface area contributed by atoms with E-state index in [1.165, 1.54) is 6.07 Å². The Morgan fingerprint density at radius 3 is 2.82 bits per heavy atom. The SMILES string of the molecule is CCOC(=O)C1=NS(=O)(=O)c2cc(F)ccc21. The first-order valence-electron chi connectivity index (χ1n) is 4.77. The number of esters is 1. The summed E-state index contributed by atoms with van der Waals surface area (Å²) in [7, 11) is -3.99. The molecule has 0 N–H and O–H groups in total. The van der Waals surface area contributed by atoms with E-state index in [1.54, 1.807) is 6.92 Å². The van der Waals surface area contributed by atoms with E-state index < -0.39 is 21.8 Å². The van der Waals surface area contributed by atoms with Crippen LogP contribution < -0.4 is 0 Å². The highest BCUT2D eigenvalue weighted by atomic mass is 32.2. The Morgan fingerprint density at radius 1 is 1.47 bits per heavy atom. The Balaban J connectivity index is 2.58. The number of ether oxygens (including phenoxy) is 1. The molecular formula is C10H8FNO4S. The lowest BCUT2D eigenvalue weighted by atomic mass is 10.1. The van der Waals surface area contributed by atoms with Crippen LogP contribution in [0.15, 0.2) is 27.5 Å². The van der Waals surface area contributed by atoms with Crippen LogP contribution in [0.4, 0.5) is 4.39 Å². The molecule has 0 bridgehead atoms.